The van der Waals surface area contributed by atoms with Gasteiger partial charge in [0.15, 0.2) is 0 Å². The van der Waals surface area contributed by atoms with Crippen molar-refractivity contribution in [3.05, 3.63) is 18.5 Å². The minimum absolute atomic E-state index is 0.122. The van der Waals surface area contributed by atoms with Gasteiger partial charge in [-0.05, 0) is 50.6 Å². The Morgan fingerprint density at radius 2 is 2.14 bits per heavy atom. The van der Waals surface area contributed by atoms with Crippen LogP contribution in [0.2, 0.25) is 0 Å². The molecule has 5 nitrogen and oxygen atoms in total. The number of piperidine rings is 1. The molecule has 1 aromatic heterocycles. The van der Waals surface area contributed by atoms with Gasteiger partial charge in [0.2, 0.25) is 5.95 Å². The monoisotopic (exact) mass is 302 g/mol. The number of aromatic nitrogens is 2. The Bertz CT molecular complexity index is 493. The van der Waals surface area contributed by atoms with Gasteiger partial charge in [-0.1, -0.05) is 0 Å². The van der Waals surface area contributed by atoms with Gasteiger partial charge in [-0.25, -0.2) is 9.97 Å². The third kappa shape index (κ3) is 3.41. The second kappa shape index (κ2) is 6.13. The predicted molar refractivity (Wildman–Crippen MR) is 85.7 cm³/mol. The Kier molecular flexibility index (Phi) is 4.01. The molecule has 5 heteroatoms. The van der Waals surface area contributed by atoms with Gasteiger partial charge in [0.1, 0.15) is 0 Å². The van der Waals surface area contributed by atoms with E-state index in [-0.39, 0.29) is 5.60 Å². The summed E-state index contributed by atoms with van der Waals surface area (Å²) in [4.78, 5) is 11.1. The summed E-state index contributed by atoms with van der Waals surface area (Å²) in [5.41, 5.74) is 0.122. The number of ether oxygens (including phenoxy) is 1. The molecule has 0 aromatic carbocycles. The first-order chi connectivity index (χ1) is 10.8. The number of hydrogen-bond donors (Lipinski definition) is 1. The topological polar surface area (TPSA) is 50.3 Å². The molecule has 0 bridgehead atoms. The van der Waals surface area contributed by atoms with Crippen molar-refractivity contribution in [2.45, 2.75) is 37.7 Å². The largest absolute Gasteiger partial charge is 0.373 e. The van der Waals surface area contributed by atoms with E-state index in [9.17, 15) is 0 Å². The van der Waals surface area contributed by atoms with Crippen molar-refractivity contribution < 1.29 is 4.74 Å². The minimum Gasteiger partial charge on any atom is -0.373 e. The summed E-state index contributed by atoms with van der Waals surface area (Å²) in [6, 6.07) is 1.84. The predicted octanol–water partition coefficient (Wildman–Crippen LogP) is 2.17. The van der Waals surface area contributed by atoms with Crippen LogP contribution in [0.5, 0.6) is 0 Å². The fourth-order valence-electron chi connectivity index (χ4n) is 3.99. The standard InChI is InChI=1S/C17H26N4O/c1-5-17(13-21(8-1)11-14-3-4-14)9-15(12-22-17)10-20-16-18-6-2-7-19-16/h2,6-7,14-15H,1,3-5,8-13H2,(H,18,19,20). The van der Waals surface area contributed by atoms with Crippen LogP contribution in [0.15, 0.2) is 18.5 Å². The molecule has 3 fully saturated rings. The van der Waals surface area contributed by atoms with E-state index in [1.807, 2.05) is 6.07 Å². The van der Waals surface area contributed by atoms with Crippen LogP contribution in [0.1, 0.15) is 32.1 Å². The second-order valence-corrected chi connectivity index (χ2v) is 7.30. The van der Waals surface area contributed by atoms with Crippen molar-refractivity contribution in [1.29, 1.82) is 0 Å². The van der Waals surface area contributed by atoms with Crippen LogP contribution in [-0.2, 0) is 4.74 Å². The second-order valence-electron chi connectivity index (χ2n) is 7.30. The smallest absolute Gasteiger partial charge is 0.222 e. The molecular formula is C17H26N4O. The lowest BCUT2D eigenvalue weighted by atomic mass is 9.86. The zero-order valence-electron chi connectivity index (χ0n) is 13.2. The number of anilines is 1. The highest BCUT2D eigenvalue weighted by Gasteiger charge is 2.43. The highest BCUT2D eigenvalue weighted by Crippen LogP contribution is 2.39. The molecule has 2 aliphatic heterocycles. The number of nitrogens with zero attached hydrogens (tertiary/aromatic N) is 3. The number of hydrogen-bond acceptors (Lipinski definition) is 5. The van der Waals surface area contributed by atoms with E-state index in [1.165, 1.54) is 45.2 Å². The maximum absolute atomic E-state index is 6.29. The summed E-state index contributed by atoms with van der Waals surface area (Å²) in [5, 5.41) is 3.35. The lowest BCUT2D eigenvalue weighted by Crippen LogP contribution is -2.48. The molecule has 2 unspecified atom stereocenters. The first-order valence-electron chi connectivity index (χ1n) is 8.69. The number of nitrogens with one attached hydrogen (secondary N) is 1. The van der Waals surface area contributed by atoms with E-state index in [0.29, 0.717) is 5.92 Å². The number of likely N-dealkylation sites (tertiary alicyclic amines) is 1. The molecule has 1 spiro atoms. The fourth-order valence-corrected chi connectivity index (χ4v) is 3.99. The molecule has 0 amide bonds. The van der Waals surface area contributed by atoms with Crippen LogP contribution < -0.4 is 5.32 Å². The zero-order chi connectivity index (χ0) is 14.8. The molecule has 1 N–H and O–H groups in total. The van der Waals surface area contributed by atoms with Gasteiger partial charge < -0.3 is 15.0 Å². The fraction of sp³-hybridized carbons (Fsp3) is 0.765. The first kappa shape index (κ1) is 14.4. The van der Waals surface area contributed by atoms with Crippen LogP contribution in [-0.4, -0.2) is 53.3 Å². The van der Waals surface area contributed by atoms with Gasteiger partial charge in [-0.2, -0.15) is 0 Å². The van der Waals surface area contributed by atoms with E-state index in [4.69, 9.17) is 4.74 Å². The Hall–Kier alpha value is -1.20. The van der Waals surface area contributed by atoms with Gasteiger partial charge in [0.25, 0.3) is 0 Å². The summed E-state index contributed by atoms with van der Waals surface area (Å²) in [6.07, 6.45) is 10.1. The third-order valence-electron chi connectivity index (χ3n) is 5.23. The van der Waals surface area contributed by atoms with E-state index in [1.54, 1.807) is 12.4 Å². The van der Waals surface area contributed by atoms with Crippen LogP contribution in [0, 0.1) is 11.8 Å². The van der Waals surface area contributed by atoms with Crippen molar-refractivity contribution in [2.75, 3.05) is 38.1 Å². The summed E-state index contributed by atoms with van der Waals surface area (Å²) in [7, 11) is 0. The maximum Gasteiger partial charge on any atom is 0.222 e. The average Bonchev–Trinajstić information content (AvgIpc) is 3.28. The van der Waals surface area contributed by atoms with E-state index in [0.717, 1.165) is 31.6 Å². The molecule has 2 atom stereocenters. The molecule has 1 saturated carbocycles. The molecule has 120 valence electrons. The van der Waals surface area contributed by atoms with E-state index >= 15 is 0 Å². The van der Waals surface area contributed by atoms with Crippen molar-refractivity contribution in [3.8, 4) is 0 Å². The van der Waals surface area contributed by atoms with Crippen molar-refractivity contribution in [2.24, 2.45) is 11.8 Å². The molecule has 3 heterocycles. The Labute approximate surface area is 132 Å². The lowest BCUT2D eigenvalue weighted by molar-refractivity contribution is -0.0523. The molecule has 22 heavy (non-hydrogen) atoms. The van der Waals surface area contributed by atoms with Crippen molar-refractivity contribution in [1.82, 2.24) is 14.9 Å². The SMILES string of the molecule is c1cnc(NCC2COC3(CCCN(CC4CC4)C3)C2)nc1. The molecular weight excluding hydrogens is 276 g/mol. The van der Waals surface area contributed by atoms with Gasteiger partial charge in [-0.15, -0.1) is 0 Å². The minimum atomic E-state index is 0.122. The first-order valence-corrected chi connectivity index (χ1v) is 8.69. The average molecular weight is 302 g/mol. The summed E-state index contributed by atoms with van der Waals surface area (Å²) >= 11 is 0. The summed E-state index contributed by atoms with van der Waals surface area (Å²) in [5.74, 6) is 2.27. The normalized spacial score (nSPS) is 32.5. The zero-order valence-corrected chi connectivity index (χ0v) is 13.2. The summed E-state index contributed by atoms with van der Waals surface area (Å²) < 4.78 is 6.29. The van der Waals surface area contributed by atoms with Crippen LogP contribution in [0.25, 0.3) is 0 Å². The van der Waals surface area contributed by atoms with Crippen LogP contribution >= 0.6 is 0 Å². The van der Waals surface area contributed by atoms with Gasteiger partial charge >= 0.3 is 0 Å². The number of rotatable bonds is 5. The van der Waals surface area contributed by atoms with Crippen LogP contribution in [0.3, 0.4) is 0 Å². The quantitative estimate of drug-likeness (QED) is 0.903. The molecule has 1 aliphatic carbocycles. The molecule has 4 rings (SSSR count). The Balaban J connectivity index is 1.29. The molecule has 1 aromatic rings. The highest BCUT2D eigenvalue weighted by atomic mass is 16.5. The Morgan fingerprint density at radius 1 is 1.27 bits per heavy atom. The lowest BCUT2D eigenvalue weighted by Gasteiger charge is -2.40. The third-order valence-corrected chi connectivity index (χ3v) is 5.23. The van der Waals surface area contributed by atoms with Crippen molar-refractivity contribution >= 4 is 5.95 Å². The molecule has 3 aliphatic rings. The van der Waals surface area contributed by atoms with Gasteiger partial charge in [0.05, 0.1) is 12.2 Å². The van der Waals surface area contributed by atoms with Gasteiger partial charge in [0, 0.05) is 37.9 Å². The van der Waals surface area contributed by atoms with Crippen LogP contribution in [0.4, 0.5) is 5.95 Å². The Morgan fingerprint density at radius 3 is 2.95 bits per heavy atom. The molecule has 2 saturated heterocycles. The van der Waals surface area contributed by atoms with E-state index in [2.05, 4.69) is 20.2 Å². The summed E-state index contributed by atoms with van der Waals surface area (Å²) in [6.45, 7) is 5.49. The van der Waals surface area contributed by atoms with E-state index < -0.39 is 0 Å². The maximum atomic E-state index is 6.29. The molecule has 0 radical (unpaired) electrons. The highest BCUT2D eigenvalue weighted by molar-refractivity contribution is 5.22. The van der Waals surface area contributed by atoms with Crippen molar-refractivity contribution in [3.63, 3.8) is 0 Å². The van der Waals surface area contributed by atoms with Gasteiger partial charge in [-0.3, -0.25) is 0 Å².